The molecule has 0 saturated heterocycles. The average molecular weight is 381 g/mol. The maximum atomic E-state index is 12.1. The van der Waals surface area contributed by atoms with E-state index in [1.807, 2.05) is 18.2 Å². The number of anilines is 1. The molecular formula is C20H19N3O3S. The molecule has 0 bridgehead atoms. The van der Waals surface area contributed by atoms with Gasteiger partial charge in [0.2, 0.25) is 0 Å². The van der Waals surface area contributed by atoms with Gasteiger partial charge in [-0.05, 0) is 54.8 Å². The smallest absolute Gasteiger partial charge is 0.180 e. The molecular weight excluding hydrogens is 362 g/mol. The lowest BCUT2D eigenvalue weighted by Gasteiger charge is -2.19. The topological polar surface area (TPSA) is 95.0 Å². The molecule has 2 aromatic carbocycles. The van der Waals surface area contributed by atoms with Crippen molar-refractivity contribution in [2.24, 2.45) is 0 Å². The Morgan fingerprint density at radius 3 is 2.44 bits per heavy atom. The number of nitrogen functional groups attached to an aromatic ring is 1. The minimum Gasteiger partial charge on any atom is -0.399 e. The molecule has 0 saturated carbocycles. The van der Waals surface area contributed by atoms with Crippen LogP contribution in [0.4, 0.5) is 5.69 Å². The second-order valence-electron chi connectivity index (χ2n) is 6.83. The standard InChI is InChI=1S/C20H19N3O3S/c1-12(24)19-17-10-4-13-3-5-14(21)11-18(13)20(17)23(22-19)15-6-8-16(9-7-15)27(2,25)26/h3,5-9,11H,4,10,21H2,1-2H3. The van der Waals surface area contributed by atoms with Crippen LogP contribution >= 0.6 is 0 Å². The van der Waals surface area contributed by atoms with Crippen molar-refractivity contribution < 1.29 is 13.2 Å². The molecule has 0 amide bonds. The van der Waals surface area contributed by atoms with Crippen molar-refractivity contribution >= 4 is 21.3 Å². The number of aromatic nitrogens is 2. The first-order chi connectivity index (χ1) is 12.8. The van der Waals surface area contributed by atoms with E-state index >= 15 is 0 Å². The van der Waals surface area contributed by atoms with Crippen molar-refractivity contribution in [2.45, 2.75) is 24.7 Å². The predicted molar refractivity (Wildman–Crippen MR) is 104 cm³/mol. The zero-order valence-corrected chi connectivity index (χ0v) is 15.9. The van der Waals surface area contributed by atoms with Crippen molar-refractivity contribution in [3.63, 3.8) is 0 Å². The number of rotatable bonds is 3. The molecule has 1 heterocycles. The number of ketones is 1. The molecule has 27 heavy (non-hydrogen) atoms. The average Bonchev–Trinajstić information content (AvgIpc) is 3.01. The third-order valence-electron chi connectivity index (χ3n) is 4.86. The Hall–Kier alpha value is -2.93. The molecule has 0 aliphatic heterocycles. The minimum atomic E-state index is -3.28. The second kappa shape index (κ2) is 6.06. The molecule has 4 rings (SSSR count). The zero-order valence-electron chi connectivity index (χ0n) is 15.1. The van der Waals surface area contributed by atoms with E-state index in [0.29, 0.717) is 17.1 Å². The summed E-state index contributed by atoms with van der Waals surface area (Å²) in [6.07, 6.45) is 2.72. The van der Waals surface area contributed by atoms with Crippen LogP contribution in [0.3, 0.4) is 0 Å². The van der Waals surface area contributed by atoms with Gasteiger partial charge in [-0.25, -0.2) is 13.1 Å². The number of nitrogens with two attached hydrogens (primary N) is 1. The fourth-order valence-corrected chi connectivity index (χ4v) is 4.19. The Morgan fingerprint density at radius 2 is 1.81 bits per heavy atom. The summed E-state index contributed by atoms with van der Waals surface area (Å²) in [5, 5.41) is 4.56. The molecule has 0 spiro atoms. The van der Waals surface area contributed by atoms with Crippen LogP contribution in [0, 0.1) is 0 Å². The van der Waals surface area contributed by atoms with Crippen LogP contribution in [0.25, 0.3) is 16.9 Å². The van der Waals surface area contributed by atoms with Gasteiger partial charge in [0, 0.05) is 30.0 Å². The fourth-order valence-electron chi connectivity index (χ4n) is 3.56. The van der Waals surface area contributed by atoms with Gasteiger partial charge in [0.15, 0.2) is 15.6 Å². The Kier molecular flexibility index (Phi) is 3.92. The summed E-state index contributed by atoms with van der Waals surface area (Å²) >= 11 is 0. The Labute approximate surface area is 157 Å². The lowest BCUT2D eigenvalue weighted by molar-refractivity contribution is 0.101. The number of nitrogens with zero attached hydrogens (tertiary/aromatic N) is 2. The maximum absolute atomic E-state index is 12.1. The first-order valence-electron chi connectivity index (χ1n) is 8.58. The van der Waals surface area contributed by atoms with E-state index in [4.69, 9.17) is 5.73 Å². The van der Waals surface area contributed by atoms with E-state index in [-0.39, 0.29) is 10.7 Å². The van der Waals surface area contributed by atoms with Gasteiger partial charge in [0.05, 0.1) is 16.3 Å². The molecule has 0 radical (unpaired) electrons. The van der Waals surface area contributed by atoms with Crippen molar-refractivity contribution in [3.8, 4) is 16.9 Å². The van der Waals surface area contributed by atoms with E-state index < -0.39 is 9.84 Å². The summed E-state index contributed by atoms with van der Waals surface area (Å²) in [4.78, 5) is 12.4. The highest BCUT2D eigenvalue weighted by Crippen LogP contribution is 2.38. The SMILES string of the molecule is CC(=O)c1nn(-c2ccc(S(C)(=O)=O)cc2)c2c1CCc1ccc(N)cc1-2. The molecule has 3 aromatic rings. The van der Waals surface area contributed by atoms with Gasteiger partial charge in [-0.2, -0.15) is 5.10 Å². The highest BCUT2D eigenvalue weighted by Gasteiger charge is 2.27. The van der Waals surface area contributed by atoms with Crippen molar-refractivity contribution in [1.82, 2.24) is 9.78 Å². The largest absolute Gasteiger partial charge is 0.399 e. The van der Waals surface area contributed by atoms with E-state index in [0.717, 1.165) is 35.2 Å². The molecule has 0 unspecified atom stereocenters. The number of Topliss-reactive ketones (excluding diaryl/α,β-unsaturated/α-hetero) is 1. The van der Waals surface area contributed by atoms with Gasteiger partial charge in [-0.3, -0.25) is 4.79 Å². The van der Waals surface area contributed by atoms with Gasteiger partial charge in [-0.15, -0.1) is 0 Å². The summed E-state index contributed by atoms with van der Waals surface area (Å²) in [5.74, 6) is -0.0925. The normalized spacial score (nSPS) is 13.1. The molecule has 6 nitrogen and oxygen atoms in total. The number of carbonyl (C=O) groups excluding carboxylic acids is 1. The monoisotopic (exact) mass is 381 g/mol. The molecule has 1 aliphatic rings. The Morgan fingerprint density at radius 1 is 1.11 bits per heavy atom. The molecule has 1 aromatic heterocycles. The number of fused-ring (bicyclic) bond motifs is 3. The first kappa shape index (κ1) is 17.5. The molecule has 0 atom stereocenters. The number of carbonyl (C=O) groups is 1. The summed E-state index contributed by atoms with van der Waals surface area (Å²) in [6.45, 7) is 1.51. The number of sulfone groups is 1. The van der Waals surface area contributed by atoms with Crippen LogP contribution in [0.5, 0.6) is 0 Å². The van der Waals surface area contributed by atoms with E-state index in [1.165, 1.54) is 13.2 Å². The highest BCUT2D eigenvalue weighted by atomic mass is 32.2. The highest BCUT2D eigenvalue weighted by molar-refractivity contribution is 7.90. The lowest BCUT2D eigenvalue weighted by atomic mass is 9.88. The van der Waals surface area contributed by atoms with Crippen LogP contribution in [-0.4, -0.2) is 30.2 Å². The minimum absolute atomic E-state index is 0.0925. The van der Waals surface area contributed by atoms with Gasteiger partial charge in [0.1, 0.15) is 5.69 Å². The van der Waals surface area contributed by atoms with Gasteiger partial charge >= 0.3 is 0 Å². The predicted octanol–water partition coefficient (Wildman–Crippen LogP) is 2.83. The number of aryl methyl sites for hydroxylation is 1. The third-order valence-corrected chi connectivity index (χ3v) is 5.99. The van der Waals surface area contributed by atoms with Crippen LogP contribution < -0.4 is 5.73 Å². The van der Waals surface area contributed by atoms with Crippen LogP contribution in [0.15, 0.2) is 47.4 Å². The van der Waals surface area contributed by atoms with Crippen LogP contribution in [0.1, 0.15) is 28.5 Å². The van der Waals surface area contributed by atoms with Gasteiger partial charge in [-0.1, -0.05) is 6.07 Å². The summed E-state index contributed by atoms with van der Waals surface area (Å²) < 4.78 is 25.2. The molecule has 7 heteroatoms. The van der Waals surface area contributed by atoms with Crippen molar-refractivity contribution in [1.29, 1.82) is 0 Å². The third kappa shape index (κ3) is 2.94. The Balaban J connectivity index is 1.96. The van der Waals surface area contributed by atoms with Gasteiger partial charge < -0.3 is 5.73 Å². The number of hydrogen-bond donors (Lipinski definition) is 1. The second-order valence-corrected chi connectivity index (χ2v) is 8.84. The molecule has 1 aliphatic carbocycles. The fraction of sp³-hybridized carbons (Fsp3) is 0.200. The number of benzene rings is 2. The van der Waals surface area contributed by atoms with Crippen LogP contribution in [0.2, 0.25) is 0 Å². The maximum Gasteiger partial charge on any atom is 0.180 e. The Bertz CT molecular complexity index is 1180. The van der Waals surface area contributed by atoms with Crippen molar-refractivity contribution in [2.75, 3.05) is 12.0 Å². The van der Waals surface area contributed by atoms with Gasteiger partial charge in [0.25, 0.3) is 0 Å². The quantitative estimate of drug-likeness (QED) is 0.556. The van der Waals surface area contributed by atoms with Crippen LogP contribution in [-0.2, 0) is 22.7 Å². The van der Waals surface area contributed by atoms with E-state index in [2.05, 4.69) is 5.10 Å². The lowest BCUT2D eigenvalue weighted by Crippen LogP contribution is -2.08. The molecule has 138 valence electrons. The number of hydrogen-bond acceptors (Lipinski definition) is 5. The summed E-state index contributed by atoms with van der Waals surface area (Å²) in [7, 11) is -3.28. The summed E-state index contributed by atoms with van der Waals surface area (Å²) in [5.41, 5.74) is 11.7. The van der Waals surface area contributed by atoms with E-state index in [9.17, 15) is 13.2 Å². The molecule has 0 fully saturated rings. The van der Waals surface area contributed by atoms with Crippen molar-refractivity contribution in [3.05, 3.63) is 59.3 Å². The first-order valence-corrected chi connectivity index (χ1v) is 10.5. The van der Waals surface area contributed by atoms with E-state index in [1.54, 1.807) is 28.9 Å². The molecule has 2 N–H and O–H groups in total. The summed E-state index contributed by atoms with van der Waals surface area (Å²) in [6, 6.07) is 12.3. The zero-order chi connectivity index (χ0) is 19.3.